The van der Waals surface area contributed by atoms with Gasteiger partial charge in [-0.3, -0.25) is 4.79 Å². The van der Waals surface area contributed by atoms with Crippen LogP contribution >= 0.6 is 0 Å². The second kappa shape index (κ2) is 7.39. The molecule has 1 N–H and O–H groups in total. The number of nitrogens with one attached hydrogen (secondary N) is 1. The van der Waals surface area contributed by atoms with E-state index < -0.39 is 0 Å². The van der Waals surface area contributed by atoms with Crippen LogP contribution in [0, 0.1) is 11.7 Å². The molecule has 2 nitrogen and oxygen atoms in total. The summed E-state index contributed by atoms with van der Waals surface area (Å²) in [7, 11) is 0. The van der Waals surface area contributed by atoms with E-state index in [1.165, 1.54) is 25.0 Å². The fourth-order valence-corrected chi connectivity index (χ4v) is 3.09. The first-order valence-corrected chi connectivity index (χ1v) is 7.85. The molecule has 0 aliphatic heterocycles. The normalized spacial score (nSPS) is 17.8. The number of carbonyl (C=O) groups excluding carboxylic acids is 1. The molecule has 0 heterocycles. The number of carbonyl (C=O) groups is 1. The number of rotatable bonds is 5. The van der Waals surface area contributed by atoms with Crippen molar-refractivity contribution >= 4 is 5.91 Å². The van der Waals surface area contributed by atoms with Crippen LogP contribution in [0.25, 0.3) is 0 Å². The van der Waals surface area contributed by atoms with Gasteiger partial charge >= 0.3 is 0 Å². The van der Waals surface area contributed by atoms with Crippen LogP contribution in [0.1, 0.15) is 57.6 Å². The van der Waals surface area contributed by atoms with Crippen LogP contribution in [0.4, 0.5) is 4.39 Å². The van der Waals surface area contributed by atoms with E-state index in [9.17, 15) is 9.18 Å². The van der Waals surface area contributed by atoms with Crippen molar-refractivity contribution in [3.8, 4) is 0 Å². The van der Waals surface area contributed by atoms with Gasteiger partial charge in [-0.05, 0) is 49.8 Å². The maximum Gasteiger partial charge on any atom is 0.247 e. The number of hydrogen-bond acceptors (Lipinski definition) is 1. The van der Waals surface area contributed by atoms with Crippen molar-refractivity contribution < 1.29 is 9.18 Å². The van der Waals surface area contributed by atoms with Gasteiger partial charge in [0.15, 0.2) is 0 Å². The van der Waals surface area contributed by atoms with Gasteiger partial charge in [-0.1, -0.05) is 38.0 Å². The Kier molecular flexibility index (Phi) is 5.54. The Morgan fingerprint density at radius 1 is 1.33 bits per heavy atom. The first-order chi connectivity index (χ1) is 10.1. The van der Waals surface area contributed by atoms with Crippen LogP contribution in [-0.4, -0.2) is 5.91 Å². The minimum atomic E-state index is -0.239. The lowest BCUT2D eigenvalue weighted by Gasteiger charge is -2.25. The standard InChI is InChI=1S/C18H24FNO/c1-3-6-13(2)18(21)20-17(14-7-4-5-8-14)15-9-11-16(19)12-10-15/h6,9-12,14,17H,3-5,7-8H2,1-2H3,(H,20,21). The monoisotopic (exact) mass is 289 g/mol. The van der Waals surface area contributed by atoms with Crippen molar-refractivity contribution in [1.82, 2.24) is 5.32 Å². The van der Waals surface area contributed by atoms with Crippen molar-refractivity contribution in [2.75, 3.05) is 0 Å². The molecule has 1 aliphatic carbocycles. The molecular weight excluding hydrogens is 265 g/mol. The lowest BCUT2D eigenvalue weighted by molar-refractivity contribution is -0.118. The van der Waals surface area contributed by atoms with Gasteiger partial charge in [-0.15, -0.1) is 0 Å². The van der Waals surface area contributed by atoms with Crippen molar-refractivity contribution in [2.24, 2.45) is 5.92 Å². The molecule has 1 unspecified atom stereocenters. The average Bonchev–Trinajstić information content (AvgIpc) is 3.00. The minimum Gasteiger partial charge on any atom is -0.345 e. The molecule has 0 bridgehead atoms. The van der Waals surface area contributed by atoms with E-state index in [-0.39, 0.29) is 17.8 Å². The Balaban J connectivity index is 2.18. The highest BCUT2D eigenvalue weighted by molar-refractivity contribution is 5.93. The lowest BCUT2D eigenvalue weighted by Crippen LogP contribution is -2.33. The summed E-state index contributed by atoms with van der Waals surface area (Å²) >= 11 is 0. The fourth-order valence-electron chi connectivity index (χ4n) is 3.09. The summed E-state index contributed by atoms with van der Waals surface area (Å²) in [5.74, 6) is 0.198. The second-order valence-electron chi connectivity index (χ2n) is 5.84. The summed E-state index contributed by atoms with van der Waals surface area (Å²) in [6, 6.07) is 6.51. The Bertz CT molecular complexity index is 500. The third-order valence-electron chi connectivity index (χ3n) is 4.26. The van der Waals surface area contributed by atoms with Crippen molar-refractivity contribution in [2.45, 2.75) is 52.0 Å². The second-order valence-corrected chi connectivity index (χ2v) is 5.84. The Morgan fingerprint density at radius 2 is 1.95 bits per heavy atom. The van der Waals surface area contributed by atoms with Gasteiger partial charge in [0.25, 0.3) is 0 Å². The van der Waals surface area contributed by atoms with E-state index in [0.717, 1.165) is 30.4 Å². The van der Waals surface area contributed by atoms with E-state index in [0.29, 0.717) is 5.92 Å². The van der Waals surface area contributed by atoms with Gasteiger partial charge in [-0.25, -0.2) is 4.39 Å². The minimum absolute atomic E-state index is 0.0131. The average molecular weight is 289 g/mol. The summed E-state index contributed by atoms with van der Waals surface area (Å²) in [5, 5.41) is 3.15. The summed E-state index contributed by atoms with van der Waals surface area (Å²) in [6.45, 7) is 3.86. The van der Waals surface area contributed by atoms with Gasteiger partial charge in [0.05, 0.1) is 6.04 Å². The highest BCUT2D eigenvalue weighted by Crippen LogP contribution is 2.35. The van der Waals surface area contributed by atoms with E-state index in [4.69, 9.17) is 0 Å². The summed E-state index contributed by atoms with van der Waals surface area (Å²) in [5.41, 5.74) is 1.75. The summed E-state index contributed by atoms with van der Waals surface area (Å²) < 4.78 is 13.1. The van der Waals surface area contributed by atoms with Gasteiger partial charge in [-0.2, -0.15) is 0 Å². The molecule has 0 radical (unpaired) electrons. The molecule has 2 rings (SSSR count). The van der Waals surface area contributed by atoms with E-state index >= 15 is 0 Å². The molecule has 3 heteroatoms. The third kappa shape index (κ3) is 4.16. The highest BCUT2D eigenvalue weighted by Gasteiger charge is 2.27. The predicted molar refractivity (Wildman–Crippen MR) is 83.3 cm³/mol. The molecule has 1 aliphatic rings. The SMILES string of the molecule is CCC=C(C)C(=O)NC(c1ccc(F)cc1)C1CCCC1. The van der Waals surface area contributed by atoms with Crippen molar-refractivity contribution in [3.05, 3.63) is 47.3 Å². The van der Waals surface area contributed by atoms with E-state index in [1.54, 1.807) is 12.1 Å². The summed E-state index contributed by atoms with van der Waals surface area (Å²) in [4.78, 5) is 12.3. The number of hydrogen-bond donors (Lipinski definition) is 1. The van der Waals surface area contributed by atoms with Crippen LogP contribution in [-0.2, 0) is 4.79 Å². The Hall–Kier alpha value is -1.64. The molecule has 1 saturated carbocycles. The Labute approximate surface area is 126 Å². The van der Waals surface area contributed by atoms with Crippen LogP contribution in [0.15, 0.2) is 35.9 Å². The zero-order valence-corrected chi connectivity index (χ0v) is 12.9. The molecule has 1 amide bonds. The Morgan fingerprint density at radius 3 is 2.52 bits per heavy atom. The van der Waals surface area contributed by atoms with Crippen LogP contribution in [0.2, 0.25) is 0 Å². The number of amides is 1. The van der Waals surface area contributed by atoms with Gasteiger partial charge in [0.2, 0.25) is 5.91 Å². The summed E-state index contributed by atoms with van der Waals surface area (Å²) in [6.07, 6.45) is 7.46. The molecule has 1 fully saturated rings. The zero-order chi connectivity index (χ0) is 15.2. The quantitative estimate of drug-likeness (QED) is 0.793. The molecule has 21 heavy (non-hydrogen) atoms. The van der Waals surface area contributed by atoms with E-state index in [1.807, 2.05) is 19.9 Å². The lowest BCUT2D eigenvalue weighted by atomic mass is 9.91. The van der Waals surface area contributed by atoms with Crippen molar-refractivity contribution in [1.29, 1.82) is 0 Å². The van der Waals surface area contributed by atoms with Gasteiger partial charge in [0.1, 0.15) is 5.82 Å². The molecule has 0 aromatic heterocycles. The molecule has 1 aromatic carbocycles. The first-order valence-electron chi connectivity index (χ1n) is 7.85. The maximum absolute atomic E-state index is 13.1. The molecular formula is C18H24FNO. The van der Waals surface area contributed by atoms with Crippen LogP contribution < -0.4 is 5.32 Å². The zero-order valence-electron chi connectivity index (χ0n) is 12.9. The molecule has 114 valence electrons. The van der Waals surface area contributed by atoms with Crippen molar-refractivity contribution in [3.63, 3.8) is 0 Å². The van der Waals surface area contributed by atoms with Crippen LogP contribution in [0.3, 0.4) is 0 Å². The third-order valence-corrected chi connectivity index (χ3v) is 4.26. The van der Waals surface area contributed by atoms with Gasteiger partial charge < -0.3 is 5.32 Å². The molecule has 0 spiro atoms. The topological polar surface area (TPSA) is 29.1 Å². The molecule has 0 saturated heterocycles. The smallest absolute Gasteiger partial charge is 0.247 e. The largest absolute Gasteiger partial charge is 0.345 e. The number of halogens is 1. The van der Waals surface area contributed by atoms with E-state index in [2.05, 4.69) is 5.32 Å². The molecule has 1 atom stereocenters. The predicted octanol–water partition coefficient (Wildman–Crippen LogP) is 4.53. The highest BCUT2D eigenvalue weighted by atomic mass is 19.1. The van der Waals surface area contributed by atoms with Crippen LogP contribution in [0.5, 0.6) is 0 Å². The first kappa shape index (κ1) is 15.7. The number of allylic oxidation sites excluding steroid dienone is 1. The maximum atomic E-state index is 13.1. The van der Waals surface area contributed by atoms with Gasteiger partial charge in [0, 0.05) is 5.57 Å². The number of benzene rings is 1. The fraction of sp³-hybridized carbons (Fsp3) is 0.500. The molecule has 1 aromatic rings.